The topological polar surface area (TPSA) is 85.4 Å². The molecule has 2 aromatic heterocycles. The van der Waals surface area contributed by atoms with Gasteiger partial charge in [-0.05, 0) is 12.3 Å². The van der Waals surface area contributed by atoms with E-state index in [0.717, 1.165) is 23.4 Å². The molecule has 0 saturated heterocycles. The molecule has 0 aliphatic heterocycles. The molecule has 0 unspecified atom stereocenters. The van der Waals surface area contributed by atoms with Crippen LogP contribution < -0.4 is 5.73 Å². The van der Waals surface area contributed by atoms with Gasteiger partial charge in [0.2, 0.25) is 0 Å². The third kappa shape index (κ3) is 1.78. The van der Waals surface area contributed by atoms with E-state index < -0.39 is 0 Å². The Balaban J connectivity index is 2.48. The lowest BCUT2D eigenvalue weighted by molar-refractivity contribution is 0.648. The van der Waals surface area contributed by atoms with E-state index in [-0.39, 0.29) is 0 Å². The standard InChI is InChI=1S/C10H16N6/c1-6(2)4-7-9(8-5-12-15-13-8)14-16(3)10(7)11/h5-6H,4,11H2,1-3H3,(H,12,13,15). The van der Waals surface area contributed by atoms with Crippen molar-refractivity contribution in [2.24, 2.45) is 13.0 Å². The van der Waals surface area contributed by atoms with Gasteiger partial charge in [0, 0.05) is 12.6 Å². The average Bonchev–Trinajstić information content (AvgIpc) is 2.81. The highest BCUT2D eigenvalue weighted by atomic mass is 15.3. The van der Waals surface area contributed by atoms with Crippen LogP contribution >= 0.6 is 0 Å². The second kappa shape index (κ2) is 3.96. The number of aromatic amines is 1. The maximum atomic E-state index is 6.00. The second-order valence-electron chi connectivity index (χ2n) is 4.29. The van der Waals surface area contributed by atoms with E-state index in [0.29, 0.717) is 11.7 Å². The predicted molar refractivity (Wildman–Crippen MR) is 61.5 cm³/mol. The molecule has 0 atom stereocenters. The van der Waals surface area contributed by atoms with Crippen molar-refractivity contribution in [3.63, 3.8) is 0 Å². The molecule has 0 fully saturated rings. The van der Waals surface area contributed by atoms with Crippen molar-refractivity contribution >= 4 is 5.82 Å². The zero-order chi connectivity index (χ0) is 11.7. The summed E-state index contributed by atoms with van der Waals surface area (Å²) in [6.07, 6.45) is 2.55. The monoisotopic (exact) mass is 220 g/mol. The van der Waals surface area contributed by atoms with Gasteiger partial charge in [0.25, 0.3) is 0 Å². The number of hydrogen-bond acceptors (Lipinski definition) is 4. The summed E-state index contributed by atoms with van der Waals surface area (Å²) >= 11 is 0. The summed E-state index contributed by atoms with van der Waals surface area (Å²) in [6.45, 7) is 4.30. The Hall–Kier alpha value is -1.85. The number of hydrogen-bond donors (Lipinski definition) is 2. The van der Waals surface area contributed by atoms with Crippen LogP contribution in [0.4, 0.5) is 5.82 Å². The van der Waals surface area contributed by atoms with Gasteiger partial charge in [-0.3, -0.25) is 4.68 Å². The minimum absolute atomic E-state index is 0.525. The van der Waals surface area contributed by atoms with Crippen molar-refractivity contribution in [1.29, 1.82) is 0 Å². The summed E-state index contributed by atoms with van der Waals surface area (Å²) in [4.78, 5) is 0. The Morgan fingerprint density at radius 1 is 1.50 bits per heavy atom. The smallest absolute Gasteiger partial charge is 0.133 e. The molecule has 0 aliphatic carbocycles. The van der Waals surface area contributed by atoms with Gasteiger partial charge >= 0.3 is 0 Å². The number of aryl methyl sites for hydroxylation is 1. The molecule has 0 radical (unpaired) electrons. The van der Waals surface area contributed by atoms with Gasteiger partial charge in [-0.2, -0.15) is 20.5 Å². The van der Waals surface area contributed by atoms with Crippen LogP contribution in [0.5, 0.6) is 0 Å². The van der Waals surface area contributed by atoms with Crippen LogP contribution in [-0.2, 0) is 13.5 Å². The fraction of sp³-hybridized carbons (Fsp3) is 0.500. The number of nitrogens with zero attached hydrogens (tertiary/aromatic N) is 4. The number of H-pyrrole nitrogens is 1. The molecule has 86 valence electrons. The molecule has 2 rings (SSSR count). The molecule has 3 N–H and O–H groups in total. The molecule has 6 nitrogen and oxygen atoms in total. The number of nitrogen functional groups attached to an aromatic ring is 1. The zero-order valence-electron chi connectivity index (χ0n) is 9.73. The van der Waals surface area contributed by atoms with E-state index in [1.165, 1.54) is 0 Å². The van der Waals surface area contributed by atoms with Crippen molar-refractivity contribution in [1.82, 2.24) is 25.2 Å². The second-order valence-corrected chi connectivity index (χ2v) is 4.29. The van der Waals surface area contributed by atoms with E-state index in [1.54, 1.807) is 10.9 Å². The van der Waals surface area contributed by atoms with Gasteiger partial charge in [0.15, 0.2) is 0 Å². The van der Waals surface area contributed by atoms with Crippen LogP contribution in [0.2, 0.25) is 0 Å². The molecule has 2 aromatic rings. The van der Waals surface area contributed by atoms with Crippen LogP contribution in [0.15, 0.2) is 6.20 Å². The van der Waals surface area contributed by atoms with Crippen molar-refractivity contribution in [2.75, 3.05) is 5.73 Å². The maximum absolute atomic E-state index is 6.00. The summed E-state index contributed by atoms with van der Waals surface area (Å²) in [5, 5.41) is 14.8. The first kappa shape index (κ1) is 10.7. The van der Waals surface area contributed by atoms with E-state index >= 15 is 0 Å². The van der Waals surface area contributed by atoms with E-state index in [4.69, 9.17) is 5.73 Å². The number of anilines is 1. The molecule has 0 saturated carbocycles. The highest BCUT2D eigenvalue weighted by Crippen LogP contribution is 2.26. The molecule has 16 heavy (non-hydrogen) atoms. The summed E-state index contributed by atoms with van der Waals surface area (Å²) < 4.78 is 1.68. The summed E-state index contributed by atoms with van der Waals surface area (Å²) in [5.41, 5.74) is 8.61. The van der Waals surface area contributed by atoms with Crippen molar-refractivity contribution in [2.45, 2.75) is 20.3 Å². The minimum atomic E-state index is 0.525. The van der Waals surface area contributed by atoms with Crippen LogP contribution in [0, 0.1) is 5.92 Å². The molecule has 6 heteroatoms. The Kier molecular flexibility index (Phi) is 2.64. The Morgan fingerprint density at radius 2 is 2.25 bits per heavy atom. The first-order chi connectivity index (χ1) is 7.59. The first-order valence-corrected chi connectivity index (χ1v) is 5.27. The molecule has 0 aromatic carbocycles. The van der Waals surface area contributed by atoms with Gasteiger partial charge in [-0.25, -0.2) is 0 Å². The molecular weight excluding hydrogens is 204 g/mol. The molecule has 0 spiro atoms. The Bertz CT molecular complexity index is 468. The van der Waals surface area contributed by atoms with Crippen LogP contribution in [0.25, 0.3) is 11.4 Å². The quantitative estimate of drug-likeness (QED) is 0.807. The highest BCUT2D eigenvalue weighted by Gasteiger charge is 2.17. The summed E-state index contributed by atoms with van der Waals surface area (Å²) in [6, 6.07) is 0. The van der Waals surface area contributed by atoms with Gasteiger partial charge in [0.05, 0.1) is 6.20 Å². The normalized spacial score (nSPS) is 11.2. The third-order valence-electron chi connectivity index (χ3n) is 2.46. The van der Waals surface area contributed by atoms with Crippen LogP contribution in [-0.4, -0.2) is 25.2 Å². The predicted octanol–water partition coefficient (Wildman–Crippen LogP) is 0.986. The Labute approximate surface area is 93.8 Å². The van der Waals surface area contributed by atoms with Crippen molar-refractivity contribution in [3.8, 4) is 11.4 Å². The molecule has 0 bridgehead atoms. The van der Waals surface area contributed by atoms with E-state index in [9.17, 15) is 0 Å². The Morgan fingerprint density at radius 3 is 2.81 bits per heavy atom. The number of aromatic nitrogens is 5. The lowest BCUT2D eigenvalue weighted by Crippen LogP contribution is -2.02. The largest absolute Gasteiger partial charge is 0.384 e. The maximum Gasteiger partial charge on any atom is 0.133 e. The fourth-order valence-corrected chi connectivity index (χ4v) is 1.71. The minimum Gasteiger partial charge on any atom is -0.384 e. The molecule has 0 amide bonds. The zero-order valence-corrected chi connectivity index (χ0v) is 9.73. The number of nitrogens with one attached hydrogen (secondary N) is 1. The summed E-state index contributed by atoms with van der Waals surface area (Å²) in [5.74, 6) is 1.23. The van der Waals surface area contributed by atoms with Crippen molar-refractivity contribution < 1.29 is 0 Å². The number of nitrogens with two attached hydrogens (primary N) is 1. The lowest BCUT2D eigenvalue weighted by Gasteiger charge is -2.04. The lowest BCUT2D eigenvalue weighted by atomic mass is 10.0. The fourth-order valence-electron chi connectivity index (χ4n) is 1.71. The molecule has 0 aliphatic rings. The van der Waals surface area contributed by atoms with Crippen LogP contribution in [0.3, 0.4) is 0 Å². The highest BCUT2D eigenvalue weighted by molar-refractivity contribution is 5.64. The van der Waals surface area contributed by atoms with Gasteiger partial charge < -0.3 is 5.73 Å². The van der Waals surface area contributed by atoms with Crippen molar-refractivity contribution in [3.05, 3.63) is 11.8 Å². The molecule has 2 heterocycles. The molecular formula is C10H16N6. The van der Waals surface area contributed by atoms with Crippen LogP contribution in [0.1, 0.15) is 19.4 Å². The van der Waals surface area contributed by atoms with Gasteiger partial charge in [-0.15, -0.1) is 0 Å². The van der Waals surface area contributed by atoms with E-state index in [1.807, 2.05) is 7.05 Å². The van der Waals surface area contributed by atoms with Gasteiger partial charge in [0.1, 0.15) is 17.2 Å². The number of rotatable bonds is 3. The third-order valence-corrected chi connectivity index (χ3v) is 2.46. The first-order valence-electron chi connectivity index (χ1n) is 5.27. The van der Waals surface area contributed by atoms with E-state index in [2.05, 4.69) is 34.4 Å². The van der Waals surface area contributed by atoms with Gasteiger partial charge in [-0.1, -0.05) is 13.8 Å². The summed E-state index contributed by atoms with van der Waals surface area (Å²) in [7, 11) is 1.84. The SMILES string of the molecule is CC(C)Cc1c(-c2cn[nH]n2)nn(C)c1N. The average molecular weight is 220 g/mol.